The van der Waals surface area contributed by atoms with Gasteiger partial charge in [-0.15, -0.1) is 0 Å². The van der Waals surface area contributed by atoms with Crippen LogP contribution in [-0.2, 0) is 11.3 Å². The number of aromatic carboxylic acids is 1. The van der Waals surface area contributed by atoms with Gasteiger partial charge in [-0.2, -0.15) is 0 Å². The highest BCUT2D eigenvalue weighted by Crippen LogP contribution is 2.22. The van der Waals surface area contributed by atoms with Crippen molar-refractivity contribution in [3.05, 3.63) is 29.3 Å². The van der Waals surface area contributed by atoms with E-state index in [-0.39, 0.29) is 17.8 Å². The maximum atomic E-state index is 11.1. The average Bonchev–Trinajstić information content (AvgIpc) is 2.37. The molecular weight excluding hydrogens is 258 g/mol. The van der Waals surface area contributed by atoms with Crippen LogP contribution in [0.25, 0.3) is 0 Å². The first kappa shape index (κ1) is 14.8. The van der Waals surface area contributed by atoms with Gasteiger partial charge in [0.15, 0.2) is 0 Å². The summed E-state index contributed by atoms with van der Waals surface area (Å²) in [6, 6.07) is 5.24. The quantitative estimate of drug-likeness (QED) is 0.913. The third-order valence-corrected chi connectivity index (χ3v) is 3.40. The van der Waals surface area contributed by atoms with Crippen LogP contribution in [0.2, 0.25) is 0 Å². The summed E-state index contributed by atoms with van der Waals surface area (Å²) in [6.45, 7) is 6.67. The molecule has 1 aromatic rings. The fraction of sp³-hybridized carbons (Fsp3) is 0.533. The molecule has 1 heterocycles. The second kappa shape index (κ2) is 6.24. The van der Waals surface area contributed by atoms with E-state index < -0.39 is 5.97 Å². The molecule has 0 bridgehead atoms. The normalized spacial score (nSPS) is 23.6. The maximum absolute atomic E-state index is 11.1. The number of morpholine rings is 1. The second-order valence-corrected chi connectivity index (χ2v) is 5.29. The van der Waals surface area contributed by atoms with E-state index in [1.165, 1.54) is 7.11 Å². The van der Waals surface area contributed by atoms with E-state index in [1.54, 1.807) is 12.1 Å². The average molecular weight is 279 g/mol. The molecule has 5 heteroatoms. The van der Waals surface area contributed by atoms with Crippen molar-refractivity contribution in [3.63, 3.8) is 0 Å². The molecule has 1 saturated heterocycles. The van der Waals surface area contributed by atoms with E-state index in [9.17, 15) is 4.79 Å². The minimum Gasteiger partial charge on any atom is -0.496 e. The summed E-state index contributed by atoms with van der Waals surface area (Å²) in [4.78, 5) is 13.4. The van der Waals surface area contributed by atoms with Gasteiger partial charge in [-0.3, -0.25) is 4.90 Å². The first-order valence-electron chi connectivity index (χ1n) is 6.77. The number of benzene rings is 1. The number of hydrogen-bond acceptors (Lipinski definition) is 4. The van der Waals surface area contributed by atoms with Crippen LogP contribution in [0, 0.1) is 0 Å². The zero-order valence-corrected chi connectivity index (χ0v) is 12.1. The molecule has 110 valence electrons. The van der Waals surface area contributed by atoms with Crippen LogP contribution in [0.4, 0.5) is 0 Å². The van der Waals surface area contributed by atoms with Crippen molar-refractivity contribution in [2.75, 3.05) is 20.2 Å². The summed E-state index contributed by atoms with van der Waals surface area (Å²) in [5, 5.41) is 9.07. The van der Waals surface area contributed by atoms with E-state index >= 15 is 0 Å². The van der Waals surface area contributed by atoms with Gasteiger partial charge < -0.3 is 14.6 Å². The number of carbonyl (C=O) groups is 1. The Morgan fingerprint density at radius 1 is 1.40 bits per heavy atom. The number of nitrogens with zero attached hydrogens (tertiary/aromatic N) is 1. The molecule has 0 saturated carbocycles. The molecule has 1 aromatic carbocycles. The van der Waals surface area contributed by atoms with Gasteiger partial charge in [0.25, 0.3) is 0 Å². The van der Waals surface area contributed by atoms with E-state index in [0.29, 0.717) is 5.75 Å². The molecule has 5 nitrogen and oxygen atoms in total. The third kappa shape index (κ3) is 3.49. The smallest absolute Gasteiger partial charge is 0.339 e. The molecule has 2 rings (SSSR count). The lowest BCUT2D eigenvalue weighted by Gasteiger charge is -2.35. The van der Waals surface area contributed by atoms with Crippen LogP contribution in [0.1, 0.15) is 29.8 Å². The van der Waals surface area contributed by atoms with Crippen LogP contribution in [0.15, 0.2) is 18.2 Å². The Hall–Kier alpha value is -1.59. The van der Waals surface area contributed by atoms with Gasteiger partial charge in [0, 0.05) is 19.6 Å². The predicted molar refractivity (Wildman–Crippen MR) is 75.2 cm³/mol. The monoisotopic (exact) mass is 279 g/mol. The van der Waals surface area contributed by atoms with Crippen LogP contribution in [0.5, 0.6) is 5.75 Å². The fourth-order valence-electron chi connectivity index (χ4n) is 2.68. The van der Waals surface area contributed by atoms with E-state index in [0.717, 1.165) is 25.2 Å². The van der Waals surface area contributed by atoms with Crippen LogP contribution >= 0.6 is 0 Å². The van der Waals surface area contributed by atoms with Crippen molar-refractivity contribution in [1.82, 2.24) is 4.90 Å². The molecule has 0 aromatic heterocycles. The lowest BCUT2D eigenvalue weighted by Crippen LogP contribution is -2.44. The maximum Gasteiger partial charge on any atom is 0.339 e. The van der Waals surface area contributed by atoms with E-state index in [2.05, 4.69) is 18.7 Å². The standard InChI is InChI=1S/C15H21NO4/c1-10-7-16(8-11(2)20-10)9-12-4-5-13(15(17)18)14(6-12)19-3/h4-6,10-11H,7-9H2,1-3H3,(H,17,18)/t10-,11+. The number of carboxylic acids is 1. The van der Waals surface area contributed by atoms with E-state index in [1.807, 2.05) is 6.07 Å². The third-order valence-electron chi connectivity index (χ3n) is 3.40. The van der Waals surface area contributed by atoms with Gasteiger partial charge in [-0.1, -0.05) is 6.07 Å². The highest BCUT2D eigenvalue weighted by molar-refractivity contribution is 5.90. The van der Waals surface area contributed by atoms with Crippen molar-refractivity contribution in [2.24, 2.45) is 0 Å². The van der Waals surface area contributed by atoms with Gasteiger partial charge in [0.2, 0.25) is 0 Å². The summed E-state index contributed by atoms with van der Waals surface area (Å²) in [5.41, 5.74) is 1.24. The van der Waals surface area contributed by atoms with Crippen molar-refractivity contribution >= 4 is 5.97 Å². The Morgan fingerprint density at radius 2 is 2.05 bits per heavy atom. The molecule has 0 radical (unpaired) electrons. The summed E-state index contributed by atoms with van der Waals surface area (Å²) >= 11 is 0. The van der Waals surface area contributed by atoms with Gasteiger partial charge >= 0.3 is 5.97 Å². The molecular formula is C15H21NO4. The lowest BCUT2D eigenvalue weighted by molar-refractivity contribution is -0.0704. The zero-order chi connectivity index (χ0) is 14.7. The Labute approximate surface area is 119 Å². The predicted octanol–water partition coefficient (Wildman–Crippen LogP) is 2.00. The molecule has 1 aliphatic rings. The molecule has 0 unspecified atom stereocenters. The van der Waals surface area contributed by atoms with E-state index in [4.69, 9.17) is 14.6 Å². The van der Waals surface area contributed by atoms with Crippen LogP contribution in [0.3, 0.4) is 0 Å². The van der Waals surface area contributed by atoms with Gasteiger partial charge in [-0.25, -0.2) is 4.79 Å². The minimum absolute atomic E-state index is 0.194. The Kier molecular flexibility index (Phi) is 4.62. The number of rotatable bonds is 4. The number of ether oxygens (including phenoxy) is 2. The van der Waals surface area contributed by atoms with Crippen molar-refractivity contribution in [3.8, 4) is 5.75 Å². The largest absolute Gasteiger partial charge is 0.496 e. The second-order valence-electron chi connectivity index (χ2n) is 5.29. The van der Waals surface area contributed by atoms with Gasteiger partial charge in [-0.05, 0) is 31.5 Å². The SMILES string of the molecule is COc1cc(CN2C[C@@H](C)O[C@@H](C)C2)ccc1C(=O)O. The summed E-state index contributed by atoms with van der Waals surface area (Å²) in [5.74, 6) is -0.564. The topological polar surface area (TPSA) is 59.0 Å². The Morgan fingerprint density at radius 3 is 2.60 bits per heavy atom. The summed E-state index contributed by atoms with van der Waals surface area (Å²) in [6.07, 6.45) is 0.442. The zero-order valence-electron chi connectivity index (χ0n) is 12.1. The highest BCUT2D eigenvalue weighted by atomic mass is 16.5. The molecule has 2 atom stereocenters. The van der Waals surface area contributed by atoms with Crippen LogP contribution in [-0.4, -0.2) is 48.4 Å². The molecule has 1 N–H and O–H groups in total. The van der Waals surface area contributed by atoms with Crippen LogP contribution < -0.4 is 4.74 Å². The van der Waals surface area contributed by atoms with Crippen molar-refractivity contribution < 1.29 is 19.4 Å². The number of carboxylic acid groups (broad SMARTS) is 1. The summed E-state index contributed by atoms with van der Waals surface area (Å²) in [7, 11) is 1.49. The fourth-order valence-corrected chi connectivity index (χ4v) is 2.68. The Bertz CT molecular complexity index is 479. The molecule has 0 amide bonds. The van der Waals surface area contributed by atoms with Crippen molar-refractivity contribution in [1.29, 1.82) is 0 Å². The number of hydrogen-bond donors (Lipinski definition) is 1. The number of methoxy groups -OCH3 is 1. The Balaban J connectivity index is 2.11. The molecule has 20 heavy (non-hydrogen) atoms. The first-order chi connectivity index (χ1) is 9.49. The van der Waals surface area contributed by atoms with Crippen molar-refractivity contribution in [2.45, 2.75) is 32.6 Å². The van der Waals surface area contributed by atoms with Gasteiger partial charge in [0.1, 0.15) is 11.3 Å². The summed E-state index contributed by atoms with van der Waals surface area (Å²) < 4.78 is 10.9. The van der Waals surface area contributed by atoms with Gasteiger partial charge in [0.05, 0.1) is 19.3 Å². The lowest BCUT2D eigenvalue weighted by atomic mass is 10.1. The molecule has 1 fully saturated rings. The molecule has 1 aliphatic heterocycles. The molecule has 0 aliphatic carbocycles. The highest BCUT2D eigenvalue weighted by Gasteiger charge is 2.22. The first-order valence-corrected chi connectivity index (χ1v) is 6.77. The molecule has 0 spiro atoms. The minimum atomic E-state index is -0.970.